The Kier molecular flexibility index (Phi) is 3.95. The highest BCUT2D eigenvalue weighted by Gasteiger charge is 2.54. The maximum Gasteiger partial charge on any atom is 0.137 e. The maximum atomic E-state index is 13.4. The van der Waals surface area contributed by atoms with Gasteiger partial charge in [0.05, 0.1) is 4.47 Å². The minimum absolute atomic E-state index is 0.174. The van der Waals surface area contributed by atoms with Crippen molar-refractivity contribution in [2.24, 2.45) is 17.8 Å². The van der Waals surface area contributed by atoms with Crippen LogP contribution in [0.25, 0.3) is 0 Å². The first-order valence-corrected chi connectivity index (χ1v) is 8.20. The average Bonchev–Trinajstić information content (AvgIpc) is 3.13. The van der Waals surface area contributed by atoms with Gasteiger partial charge in [-0.15, -0.1) is 0 Å². The highest BCUT2D eigenvalue weighted by Crippen LogP contribution is 2.60. The van der Waals surface area contributed by atoms with Crippen LogP contribution in [0.5, 0.6) is 0 Å². The summed E-state index contributed by atoms with van der Waals surface area (Å²) in [6, 6.07) is 5.87. The van der Waals surface area contributed by atoms with Crippen molar-refractivity contribution in [3.63, 3.8) is 0 Å². The largest absolute Gasteiger partial charge is 0.310 e. The van der Waals surface area contributed by atoms with Crippen LogP contribution in [0.3, 0.4) is 0 Å². The monoisotopic (exact) mass is 325 g/mol. The summed E-state index contributed by atoms with van der Waals surface area (Å²) in [4.78, 5) is 0. The molecule has 0 spiro atoms. The molecular weight excluding hydrogens is 305 g/mol. The predicted octanol–water partition coefficient (Wildman–Crippen LogP) is 4.68. The lowest BCUT2D eigenvalue weighted by molar-refractivity contribution is 0.455. The molecule has 2 saturated carbocycles. The van der Waals surface area contributed by atoms with Crippen LogP contribution >= 0.6 is 15.9 Å². The van der Waals surface area contributed by atoms with Crippen molar-refractivity contribution >= 4 is 15.9 Å². The molecule has 0 aliphatic heterocycles. The van der Waals surface area contributed by atoms with Crippen LogP contribution in [-0.2, 0) is 0 Å². The van der Waals surface area contributed by atoms with Gasteiger partial charge in [-0.2, -0.15) is 0 Å². The van der Waals surface area contributed by atoms with E-state index in [0.717, 1.165) is 24.3 Å². The molecule has 1 nitrogen and oxygen atoms in total. The van der Waals surface area contributed by atoms with E-state index in [9.17, 15) is 4.39 Å². The molecule has 1 aromatic carbocycles. The maximum absolute atomic E-state index is 13.4. The van der Waals surface area contributed by atoms with E-state index in [2.05, 4.69) is 28.2 Å². The molecule has 104 valence electrons. The first kappa shape index (κ1) is 13.6. The van der Waals surface area contributed by atoms with Gasteiger partial charge < -0.3 is 5.32 Å². The lowest BCUT2D eigenvalue weighted by atomic mass is 9.99. The number of halogens is 2. The Morgan fingerprint density at radius 2 is 2.00 bits per heavy atom. The predicted molar refractivity (Wildman–Crippen MR) is 79.5 cm³/mol. The molecule has 1 aromatic rings. The molecule has 0 saturated heterocycles. The zero-order chi connectivity index (χ0) is 13.4. The summed E-state index contributed by atoms with van der Waals surface area (Å²) >= 11 is 3.31. The van der Waals surface area contributed by atoms with E-state index in [0.29, 0.717) is 10.5 Å². The van der Waals surface area contributed by atoms with Crippen molar-refractivity contribution in [3.05, 3.63) is 34.1 Å². The molecule has 3 rings (SSSR count). The van der Waals surface area contributed by atoms with E-state index in [1.54, 1.807) is 6.07 Å². The molecule has 0 radical (unpaired) electrons. The number of nitrogens with one attached hydrogen (secondary N) is 1. The van der Waals surface area contributed by atoms with Gasteiger partial charge in [-0.3, -0.25) is 0 Å². The molecular formula is C16H21BrFN. The Bertz CT molecular complexity index is 450. The number of benzene rings is 1. The number of fused-ring (bicyclic) bond motifs is 1. The van der Waals surface area contributed by atoms with Gasteiger partial charge in [-0.25, -0.2) is 4.39 Å². The molecule has 2 fully saturated rings. The van der Waals surface area contributed by atoms with Crippen LogP contribution in [0, 0.1) is 23.6 Å². The third-order valence-corrected chi connectivity index (χ3v) is 5.44. The van der Waals surface area contributed by atoms with Crippen molar-refractivity contribution in [1.29, 1.82) is 0 Å². The van der Waals surface area contributed by atoms with E-state index >= 15 is 0 Å². The summed E-state index contributed by atoms with van der Waals surface area (Å²) in [6.07, 6.45) is 5.56. The van der Waals surface area contributed by atoms with Crippen molar-refractivity contribution in [1.82, 2.24) is 5.32 Å². The molecule has 0 bridgehead atoms. The van der Waals surface area contributed by atoms with Gasteiger partial charge >= 0.3 is 0 Å². The highest BCUT2D eigenvalue weighted by molar-refractivity contribution is 9.10. The average molecular weight is 326 g/mol. The minimum Gasteiger partial charge on any atom is -0.310 e. The van der Waals surface area contributed by atoms with Gasteiger partial charge in [-0.05, 0) is 70.8 Å². The minimum atomic E-state index is -0.174. The van der Waals surface area contributed by atoms with Crippen LogP contribution in [0.4, 0.5) is 4.39 Å². The van der Waals surface area contributed by atoms with Crippen LogP contribution in [-0.4, -0.2) is 6.54 Å². The van der Waals surface area contributed by atoms with Crippen molar-refractivity contribution < 1.29 is 4.39 Å². The molecule has 0 heterocycles. The van der Waals surface area contributed by atoms with Gasteiger partial charge in [0.1, 0.15) is 5.82 Å². The SMILES string of the molecule is CCNC(c1ccc(F)c(Br)c1)C1C2CCCCC21. The number of rotatable bonds is 4. The molecule has 19 heavy (non-hydrogen) atoms. The van der Waals surface area contributed by atoms with Gasteiger partial charge in [0.25, 0.3) is 0 Å². The number of hydrogen-bond donors (Lipinski definition) is 1. The summed E-state index contributed by atoms with van der Waals surface area (Å²) < 4.78 is 14.0. The van der Waals surface area contributed by atoms with Crippen LogP contribution in [0.15, 0.2) is 22.7 Å². The molecule has 2 aliphatic rings. The molecule has 3 unspecified atom stereocenters. The Labute approximate surface area is 123 Å². The summed E-state index contributed by atoms with van der Waals surface area (Å²) in [7, 11) is 0. The van der Waals surface area contributed by atoms with E-state index in [1.807, 2.05) is 12.1 Å². The Morgan fingerprint density at radius 1 is 1.32 bits per heavy atom. The van der Waals surface area contributed by atoms with Crippen LogP contribution in [0.2, 0.25) is 0 Å². The van der Waals surface area contributed by atoms with Gasteiger partial charge in [0.15, 0.2) is 0 Å². The second-order valence-electron chi connectivity index (χ2n) is 5.90. The third-order valence-electron chi connectivity index (χ3n) is 4.83. The molecule has 0 aromatic heterocycles. The first-order chi connectivity index (χ1) is 9.22. The molecule has 3 atom stereocenters. The lowest BCUT2D eigenvalue weighted by Gasteiger charge is -2.19. The van der Waals surface area contributed by atoms with Crippen molar-refractivity contribution in [3.8, 4) is 0 Å². The van der Waals surface area contributed by atoms with Gasteiger partial charge in [0, 0.05) is 6.04 Å². The zero-order valence-electron chi connectivity index (χ0n) is 11.3. The normalized spacial score (nSPS) is 30.8. The first-order valence-electron chi connectivity index (χ1n) is 7.40. The second kappa shape index (κ2) is 5.53. The smallest absolute Gasteiger partial charge is 0.137 e. The Hall–Kier alpha value is -0.410. The fraction of sp³-hybridized carbons (Fsp3) is 0.625. The lowest BCUT2D eigenvalue weighted by Crippen LogP contribution is -2.24. The fourth-order valence-corrected chi connectivity index (χ4v) is 4.34. The second-order valence-corrected chi connectivity index (χ2v) is 6.75. The Morgan fingerprint density at radius 3 is 2.58 bits per heavy atom. The number of hydrogen-bond acceptors (Lipinski definition) is 1. The van der Waals surface area contributed by atoms with Gasteiger partial charge in [0.2, 0.25) is 0 Å². The quantitative estimate of drug-likeness (QED) is 0.847. The summed E-state index contributed by atoms with van der Waals surface area (Å²) in [5.41, 5.74) is 1.23. The standard InChI is InChI=1S/C16H21BrFN/c1-2-19-16(10-7-8-14(18)13(17)9-10)15-11-5-3-4-6-12(11)15/h7-9,11-12,15-16,19H,2-6H2,1H3. The van der Waals surface area contributed by atoms with Crippen LogP contribution in [0.1, 0.15) is 44.2 Å². The van der Waals surface area contributed by atoms with E-state index < -0.39 is 0 Å². The van der Waals surface area contributed by atoms with Crippen LogP contribution < -0.4 is 5.32 Å². The van der Waals surface area contributed by atoms with E-state index in [-0.39, 0.29) is 5.82 Å². The van der Waals surface area contributed by atoms with Crippen molar-refractivity contribution in [2.45, 2.75) is 38.6 Å². The zero-order valence-corrected chi connectivity index (χ0v) is 12.9. The van der Waals surface area contributed by atoms with Crippen molar-refractivity contribution in [2.75, 3.05) is 6.54 Å². The highest BCUT2D eigenvalue weighted by atomic mass is 79.9. The molecule has 3 heteroatoms. The van der Waals surface area contributed by atoms with E-state index in [1.165, 1.54) is 31.2 Å². The molecule has 2 aliphatic carbocycles. The third kappa shape index (κ3) is 2.59. The fourth-order valence-electron chi connectivity index (χ4n) is 3.94. The topological polar surface area (TPSA) is 12.0 Å². The summed E-state index contributed by atoms with van der Waals surface area (Å²) in [6.45, 7) is 3.12. The summed E-state index contributed by atoms with van der Waals surface area (Å²) in [5.74, 6) is 2.40. The molecule has 0 amide bonds. The van der Waals surface area contributed by atoms with Gasteiger partial charge in [-0.1, -0.05) is 25.8 Å². The summed E-state index contributed by atoms with van der Waals surface area (Å²) in [5, 5.41) is 3.62. The Balaban J connectivity index is 1.82. The molecule has 1 N–H and O–H groups in total. The van der Waals surface area contributed by atoms with E-state index in [4.69, 9.17) is 0 Å².